The number of benzene rings is 1. The number of rotatable bonds is 3. The average Bonchev–Trinajstić information content (AvgIpc) is 2.36. The summed E-state index contributed by atoms with van der Waals surface area (Å²) in [4.78, 5) is 16.3. The van der Waals surface area contributed by atoms with E-state index in [0.717, 1.165) is 22.3 Å². The lowest BCUT2D eigenvalue weighted by Crippen LogP contribution is -2.34. The Hall–Kier alpha value is -2.10. The first-order valence-corrected chi connectivity index (χ1v) is 6.94. The normalized spacial score (nSPS) is 11.1. The molecule has 0 saturated heterocycles. The van der Waals surface area contributed by atoms with Crippen LogP contribution in [0.2, 0.25) is 0 Å². The van der Waals surface area contributed by atoms with Crippen molar-refractivity contribution in [2.45, 2.75) is 39.7 Å². The van der Waals surface area contributed by atoms with Crippen molar-refractivity contribution in [2.75, 3.05) is 5.32 Å². The number of fused-ring (bicyclic) bond motifs is 1. The molecule has 0 radical (unpaired) electrons. The highest BCUT2D eigenvalue weighted by Crippen LogP contribution is 2.21. The van der Waals surface area contributed by atoms with E-state index in [4.69, 9.17) is 0 Å². The highest BCUT2D eigenvalue weighted by Gasteiger charge is 2.06. The molecule has 4 heteroatoms. The van der Waals surface area contributed by atoms with Crippen LogP contribution in [0.3, 0.4) is 0 Å². The molecule has 0 fully saturated rings. The first-order valence-electron chi connectivity index (χ1n) is 6.94. The van der Waals surface area contributed by atoms with Gasteiger partial charge in [-0.2, -0.15) is 0 Å². The molecule has 0 unspecified atom stereocenters. The maximum atomic E-state index is 11.7. The van der Waals surface area contributed by atoms with Gasteiger partial charge in [0.1, 0.15) is 0 Å². The van der Waals surface area contributed by atoms with Gasteiger partial charge in [0.05, 0.1) is 5.52 Å². The van der Waals surface area contributed by atoms with E-state index in [1.807, 2.05) is 44.2 Å². The third-order valence-corrected chi connectivity index (χ3v) is 2.98. The molecule has 2 rings (SSSR count). The van der Waals surface area contributed by atoms with Crippen LogP contribution >= 0.6 is 0 Å². The molecule has 0 aliphatic carbocycles. The molecule has 0 aliphatic rings. The molecule has 0 aliphatic heterocycles. The molecule has 4 nitrogen and oxygen atoms in total. The molecular formula is C16H21N3O. The van der Waals surface area contributed by atoms with Gasteiger partial charge in [0.15, 0.2) is 0 Å². The van der Waals surface area contributed by atoms with Gasteiger partial charge < -0.3 is 10.6 Å². The molecule has 0 atom stereocenters. The molecular weight excluding hydrogens is 250 g/mol. The topological polar surface area (TPSA) is 54.0 Å². The lowest BCUT2D eigenvalue weighted by atomic mass is 10.1. The van der Waals surface area contributed by atoms with Crippen LogP contribution < -0.4 is 10.6 Å². The van der Waals surface area contributed by atoms with E-state index >= 15 is 0 Å². The van der Waals surface area contributed by atoms with Gasteiger partial charge in [-0.3, -0.25) is 4.98 Å². The van der Waals surface area contributed by atoms with Gasteiger partial charge in [0.2, 0.25) is 0 Å². The van der Waals surface area contributed by atoms with Crippen LogP contribution in [0.25, 0.3) is 10.9 Å². The van der Waals surface area contributed by atoms with Crippen molar-refractivity contribution in [1.29, 1.82) is 0 Å². The van der Waals surface area contributed by atoms with Gasteiger partial charge in [-0.15, -0.1) is 0 Å². The zero-order valence-electron chi connectivity index (χ0n) is 12.4. The van der Waals surface area contributed by atoms with Crippen molar-refractivity contribution < 1.29 is 4.79 Å². The van der Waals surface area contributed by atoms with Crippen molar-refractivity contribution in [1.82, 2.24) is 10.3 Å². The van der Waals surface area contributed by atoms with Crippen LogP contribution in [-0.4, -0.2) is 17.1 Å². The van der Waals surface area contributed by atoms with Gasteiger partial charge in [0.25, 0.3) is 0 Å². The summed E-state index contributed by atoms with van der Waals surface area (Å²) in [6.45, 7) is 8.11. The fraction of sp³-hybridized carbons (Fsp3) is 0.375. The molecule has 106 valence electrons. The van der Waals surface area contributed by atoms with E-state index in [-0.39, 0.29) is 12.1 Å². The summed E-state index contributed by atoms with van der Waals surface area (Å²) in [5.41, 5.74) is 2.80. The fourth-order valence-corrected chi connectivity index (χ4v) is 1.97. The number of hydrogen-bond acceptors (Lipinski definition) is 2. The monoisotopic (exact) mass is 271 g/mol. The second-order valence-corrected chi connectivity index (χ2v) is 5.55. The smallest absolute Gasteiger partial charge is 0.319 e. The number of aromatic nitrogens is 1. The predicted molar refractivity (Wildman–Crippen MR) is 83.1 cm³/mol. The largest absolute Gasteiger partial charge is 0.336 e. The first-order chi connectivity index (χ1) is 9.45. The number of amides is 2. The van der Waals surface area contributed by atoms with Gasteiger partial charge in [0, 0.05) is 22.8 Å². The molecule has 20 heavy (non-hydrogen) atoms. The van der Waals surface area contributed by atoms with Crippen molar-refractivity contribution >= 4 is 22.6 Å². The van der Waals surface area contributed by atoms with E-state index in [1.165, 1.54) is 0 Å². The molecule has 1 aromatic heterocycles. The fourth-order valence-electron chi connectivity index (χ4n) is 1.97. The van der Waals surface area contributed by atoms with E-state index in [1.54, 1.807) is 0 Å². The van der Waals surface area contributed by atoms with Gasteiger partial charge in [-0.1, -0.05) is 19.9 Å². The van der Waals surface area contributed by atoms with Gasteiger partial charge >= 0.3 is 6.03 Å². The second kappa shape index (κ2) is 5.90. The lowest BCUT2D eigenvalue weighted by Gasteiger charge is -2.11. The maximum Gasteiger partial charge on any atom is 0.319 e. The molecule has 0 saturated carbocycles. The zero-order chi connectivity index (χ0) is 14.7. The Bertz CT molecular complexity index is 620. The standard InChI is InChI=1S/C16H21N3O/c1-10(2)14-7-5-12-9-13(6-8-15(12)19-14)18-16(20)17-11(3)4/h5-11H,1-4H3,(H2,17,18,20). The minimum absolute atomic E-state index is 0.116. The number of anilines is 1. The molecule has 2 N–H and O–H groups in total. The highest BCUT2D eigenvalue weighted by atomic mass is 16.2. The predicted octanol–water partition coefficient (Wildman–Crippen LogP) is 3.89. The number of urea groups is 1. The Morgan fingerprint density at radius 1 is 1.10 bits per heavy atom. The Morgan fingerprint density at radius 2 is 1.85 bits per heavy atom. The Kier molecular flexibility index (Phi) is 4.23. The summed E-state index contributed by atoms with van der Waals surface area (Å²) in [6, 6.07) is 9.75. The van der Waals surface area contributed by atoms with E-state index in [2.05, 4.69) is 29.5 Å². The summed E-state index contributed by atoms with van der Waals surface area (Å²) in [5, 5.41) is 6.65. The highest BCUT2D eigenvalue weighted by molar-refractivity contribution is 5.92. The first kappa shape index (κ1) is 14.3. The Balaban J connectivity index is 2.21. The molecule has 1 aromatic carbocycles. The minimum atomic E-state index is -0.189. The lowest BCUT2D eigenvalue weighted by molar-refractivity contribution is 0.250. The Labute approximate surface area is 119 Å². The summed E-state index contributed by atoms with van der Waals surface area (Å²) in [7, 11) is 0. The maximum absolute atomic E-state index is 11.7. The molecule has 2 amide bonds. The van der Waals surface area contributed by atoms with Crippen LogP contribution in [-0.2, 0) is 0 Å². The zero-order valence-corrected chi connectivity index (χ0v) is 12.4. The van der Waals surface area contributed by atoms with E-state index in [9.17, 15) is 4.79 Å². The molecule has 2 aromatic rings. The number of carbonyl (C=O) groups is 1. The molecule has 1 heterocycles. The van der Waals surface area contributed by atoms with Crippen LogP contribution in [0.1, 0.15) is 39.3 Å². The molecule has 0 bridgehead atoms. The minimum Gasteiger partial charge on any atom is -0.336 e. The second-order valence-electron chi connectivity index (χ2n) is 5.55. The number of pyridine rings is 1. The third kappa shape index (κ3) is 3.47. The van der Waals surface area contributed by atoms with Crippen molar-refractivity contribution in [3.05, 3.63) is 36.0 Å². The summed E-state index contributed by atoms with van der Waals surface area (Å²) < 4.78 is 0. The van der Waals surface area contributed by atoms with Crippen molar-refractivity contribution in [2.24, 2.45) is 0 Å². The number of nitrogens with zero attached hydrogens (tertiary/aromatic N) is 1. The van der Waals surface area contributed by atoms with Crippen molar-refractivity contribution in [3.8, 4) is 0 Å². The SMILES string of the molecule is CC(C)NC(=O)Nc1ccc2nc(C(C)C)ccc2c1. The number of carbonyl (C=O) groups excluding carboxylic acids is 1. The Morgan fingerprint density at radius 3 is 2.50 bits per heavy atom. The van der Waals surface area contributed by atoms with Crippen LogP contribution in [0.15, 0.2) is 30.3 Å². The number of hydrogen-bond donors (Lipinski definition) is 2. The van der Waals surface area contributed by atoms with E-state index in [0.29, 0.717) is 5.92 Å². The summed E-state index contributed by atoms with van der Waals surface area (Å²) in [5.74, 6) is 0.411. The van der Waals surface area contributed by atoms with E-state index < -0.39 is 0 Å². The summed E-state index contributed by atoms with van der Waals surface area (Å²) in [6.07, 6.45) is 0. The summed E-state index contributed by atoms with van der Waals surface area (Å²) >= 11 is 0. The molecule has 0 spiro atoms. The third-order valence-electron chi connectivity index (χ3n) is 2.98. The van der Waals surface area contributed by atoms with Crippen LogP contribution in [0, 0.1) is 0 Å². The quantitative estimate of drug-likeness (QED) is 0.889. The van der Waals surface area contributed by atoms with Crippen LogP contribution in [0.5, 0.6) is 0 Å². The van der Waals surface area contributed by atoms with Crippen molar-refractivity contribution in [3.63, 3.8) is 0 Å². The number of nitrogens with one attached hydrogen (secondary N) is 2. The van der Waals surface area contributed by atoms with Gasteiger partial charge in [-0.05, 0) is 44.0 Å². The van der Waals surface area contributed by atoms with Gasteiger partial charge in [-0.25, -0.2) is 4.79 Å². The van der Waals surface area contributed by atoms with Crippen LogP contribution in [0.4, 0.5) is 10.5 Å². The average molecular weight is 271 g/mol.